The minimum Gasteiger partial charge on any atom is -0.462 e. The normalized spacial score (nSPS) is 11.9. The fraction of sp³-hybridized carbons (Fsp3) is 0.846. The van der Waals surface area contributed by atoms with Crippen LogP contribution in [0, 0.1) is 0 Å². The molecule has 5 heteroatoms. The van der Waals surface area contributed by atoms with E-state index in [0.29, 0.717) is 12.8 Å². The van der Waals surface area contributed by atoms with Gasteiger partial charge in [0, 0.05) is 12.8 Å². The minimum absolute atomic E-state index is 0.0725. The maximum atomic E-state index is 11.3. The van der Waals surface area contributed by atoms with Crippen LogP contribution in [0.3, 0.4) is 0 Å². The van der Waals surface area contributed by atoms with E-state index in [2.05, 4.69) is 0 Å². The smallest absolute Gasteiger partial charge is 0.306 e. The highest BCUT2D eigenvalue weighted by atomic mass is 16.6. The average molecular weight is 260 g/mol. The SMILES string of the molecule is CCCCC(=O)OCC(CO)OC(=O)CCCC. The highest BCUT2D eigenvalue weighted by molar-refractivity contribution is 5.70. The van der Waals surface area contributed by atoms with Gasteiger partial charge in [0.1, 0.15) is 6.61 Å². The van der Waals surface area contributed by atoms with Crippen molar-refractivity contribution in [2.24, 2.45) is 0 Å². The summed E-state index contributed by atoms with van der Waals surface area (Å²) in [6.45, 7) is 3.56. The summed E-state index contributed by atoms with van der Waals surface area (Å²) in [5.74, 6) is -0.680. The average Bonchev–Trinajstić information content (AvgIpc) is 2.38. The first-order chi connectivity index (χ1) is 8.63. The molecule has 1 unspecified atom stereocenters. The van der Waals surface area contributed by atoms with E-state index in [1.165, 1.54) is 0 Å². The Morgan fingerprint density at radius 1 is 1.06 bits per heavy atom. The number of carbonyl (C=O) groups excluding carboxylic acids is 2. The van der Waals surface area contributed by atoms with Crippen molar-refractivity contribution in [2.75, 3.05) is 13.2 Å². The van der Waals surface area contributed by atoms with Crippen LogP contribution >= 0.6 is 0 Å². The van der Waals surface area contributed by atoms with Gasteiger partial charge in [-0.3, -0.25) is 9.59 Å². The van der Waals surface area contributed by atoms with Gasteiger partial charge in [-0.1, -0.05) is 26.7 Å². The fourth-order valence-electron chi connectivity index (χ4n) is 1.27. The Morgan fingerprint density at radius 3 is 2.11 bits per heavy atom. The van der Waals surface area contributed by atoms with Gasteiger partial charge < -0.3 is 14.6 Å². The van der Waals surface area contributed by atoms with Gasteiger partial charge in [0.2, 0.25) is 0 Å². The molecule has 0 aromatic heterocycles. The highest BCUT2D eigenvalue weighted by Crippen LogP contribution is 2.02. The van der Waals surface area contributed by atoms with E-state index < -0.39 is 6.10 Å². The Bertz CT molecular complexity index is 240. The maximum absolute atomic E-state index is 11.3. The second-order valence-corrected chi connectivity index (χ2v) is 4.18. The van der Waals surface area contributed by atoms with Crippen LogP contribution in [-0.2, 0) is 19.1 Å². The molecule has 0 fully saturated rings. The van der Waals surface area contributed by atoms with Crippen LogP contribution in [0.2, 0.25) is 0 Å². The number of esters is 2. The summed E-state index contributed by atoms with van der Waals surface area (Å²) in [5.41, 5.74) is 0. The van der Waals surface area contributed by atoms with Crippen LogP contribution in [0.15, 0.2) is 0 Å². The first-order valence-electron chi connectivity index (χ1n) is 6.59. The van der Waals surface area contributed by atoms with E-state index in [0.717, 1.165) is 25.7 Å². The molecule has 0 rings (SSSR count). The maximum Gasteiger partial charge on any atom is 0.306 e. The van der Waals surface area contributed by atoms with Gasteiger partial charge in [-0.2, -0.15) is 0 Å². The number of ether oxygens (including phenoxy) is 2. The van der Waals surface area contributed by atoms with E-state index in [1.54, 1.807) is 0 Å². The minimum atomic E-state index is -0.750. The molecular weight excluding hydrogens is 236 g/mol. The summed E-state index contributed by atoms with van der Waals surface area (Å²) in [7, 11) is 0. The summed E-state index contributed by atoms with van der Waals surface area (Å²) in [5, 5.41) is 9.02. The molecule has 0 aromatic carbocycles. The number of aliphatic hydroxyl groups excluding tert-OH is 1. The quantitative estimate of drug-likeness (QED) is 0.606. The molecule has 0 saturated heterocycles. The Kier molecular flexibility index (Phi) is 10.3. The van der Waals surface area contributed by atoms with Crippen molar-refractivity contribution in [3.05, 3.63) is 0 Å². The summed E-state index contributed by atoms with van der Waals surface area (Å²) in [6.07, 6.45) is 3.30. The fourth-order valence-corrected chi connectivity index (χ4v) is 1.27. The van der Waals surface area contributed by atoms with Crippen molar-refractivity contribution < 1.29 is 24.2 Å². The molecule has 0 aliphatic carbocycles. The zero-order valence-corrected chi connectivity index (χ0v) is 11.3. The van der Waals surface area contributed by atoms with E-state index >= 15 is 0 Å². The number of aliphatic hydroxyl groups is 1. The van der Waals surface area contributed by atoms with Gasteiger partial charge in [-0.25, -0.2) is 0 Å². The van der Waals surface area contributed by atoms with E-state index in [4.69, 9.17) is 14.6 Å². The molecule has 5 nitrogen and oxygen atoms in total. The molecule has 0 aliphatic rings. The summed E-state index contributed by atoms with van der Waals surface area (Å²) < 4.78 is 9.92. The van der Waals surface area contributed by atoms with Crippen LogP contribution < -0.4 is 0 Å². The Balaban J connectivity index is 3.82. The van der Waals surface area contributed by atoms with Crippen molar-refractivity contribution in [1.29, 1.82) is 0 Å². The number of rotatable bonds is 10. The number of hydrogen-bond acceptors (Lipinski definition) is 5. The Morgan fingerprint density at radius 2 is 1.61 bits per heavy atom. The third-order valence-corrected chi connectivity index (χ3v) is 2.40. The lowest BCUT2D eigenvalue weighted by atomic mass is 10.2. The molecular formula is C13H24O5. The first-order valence-corrected chi connectivity index (χ1v) is 6.59. The topological polar surface area (TPSA) is 72.8 Å². The Labute approximate surface area is 108 Å². The van der Waals surface area contributed by atoms with Gasteiger partial charge in [0.15, 0.2) is 6.10 Å². The second-order valence-electron chi connectivity index (χ2n) is 4.18. The molecule has 0 saturated carbocycles. The van der Waals surface area contributed by atoms with Crippen molar-refractivity contribution in [2.45, 2.75) is 58.5 Å². The third-order valence-electron chi connectivity index (χ3n) is 2.40. The van der Waals surface area contributed by atoms with E-state index in [9.17, 15) is 9.59 Å². The highest BCUT2D eigenvalue weighted by Gasteiger charge is 2.15. The molecule has 0 spiro atoms. The van der Waals surface area contributed by atoms with Crippen LogP contribution in [0.25, 0.3) is 0 Å². The molecule has 0 amide bonds. The summed E-state index contributed by atoms with van der Waals surface area (Å²) >= 11 is 0. The van der Waals surface area contributed by atoms with Gasteiger partial charge in [-0.05, 0) is 12.8 Å². The largest absolute Gasteiger partial charge is 0.462 e. The molecule has 0 bridgehead atoms. The van der Waals surface area contributed by atoms with E-state index in [-0.39, 0.29) is 25.2 Å². The van der Waals surface area contributed by atoms with Crippen LogP contribution in [-0.4, -0.2) is 36.4 Å². The van der Waals surface area contributed by atoms with Gasteiger partial charge in [-0.15, -0.1) is 0 Å². The zero-order chi connectivity index (χ0) is 13.8. The zero-order valence-electron chi connectivity index (χ0n) is 11.3. The van der Waals surface area contributed by atoms with Crippen molar-refractivity contribution in [1.82, 2.24) is 0 Å². The molecule has 18 heavy (non-hydrogen) atoms. The van der Waals surface area contributed by atoms with E-state index in [1.807, 2.05) is 13.8 Å². The molecule has 1 atom stereocenters. The predicted octanol–water partition coefficient (Wildman–Crippen LogP) is 1.81. The monoisotopic (exact) mass is 260 g/mol. The third kappa shape index (κ3) is 8.98. The molecule has 0 radical (unpaired) electrons. The van der Waals surface area contributed by atoms with Crippen molar-refractivity contribution in [3.8, 4) is 0 Å². The molecule has 106 valence electrons. The van der Waals surface area contributed by atoms with Gasteiger partial charge in [0.25, 0.3) is 0 Å². The number of hydrogen-bond donors (Lipinski definition) is 1. The van der Waals surface area contributed by atoms with Crippen LogP contribution in [0.5, 0.6) is 0 Å². The molecule has 0 aromatic rings. The van der Waals surface area contributed by atoms with Crippen LogP contribution in [0.4, 0.5) is 0 Å². The Hall–Kier alpha value is -1.10. The lowest BCUT2D eigenvalue weighted by Crippen LogP contribution is -2.28. The van der Waals surface area contributed by atoms with Gasteiger partial charge >= 0.3 is 11.9 Å². The lowest BCUT2D eigenvalue weighted by Gasteiger charge is -2.15. The van der Waals surface area contributed by atoms with Crippen LogP contribution in [0.1, 0.15) is 52.4 Å². The number of unbranched alkanes of at least 4 members (excludes halogenated alkanes) is 2. The lowest BCUT2D eigenvalue weighted by molar-refractivity contribution is -0.161. The van der Waals surface area contributed by atoms with Gasteiger partial charge in [0.05, 0.1) is 6.61 Å². The second kappa shape index (κ2) is 11.0. The van der Waals surface area contributed by atoms with Crippen molar-refractivity contribution in [3.63, 3.8) is 0 Å². The summed E-state index contributed by atoms with van der Waals surface area (Å²) in [4.78, 5) is 22.5. The first kappa shape index (κ1) is 16.9. The predicted molar refractivity (Wildman–Crippen MR) is 67.0 cm³/mol. The molecule has 0 heterocycles. The standard InChI is InChI=1S/C13H24O5/c1-3-5-7-12(15)17-10-11(9-14)18-13(16)8-6-4-2/h11,14H,3-10H2,1-2H3. The summed E-state index contributed by atoms with van der Waals surface area (Å²) in [6, 6.07) is 0. The van der Waals surface area contributed by atoms with Crippen molar-refractivity contribution >= 4 is 11.9 Å². The molecule has 0 aliphatic heterocycles. The number of carbonyl (C=O) groups is 2. The molecule has 1 N–H and O–H groups in total.